The molecule has 0 fully saturated rings. The summed E-state index contributed by atoms with van der Waals surface area (Å²) in [7, 11) is 1.48. The van der Waals surface area contributed by atoms with Gasteiger partial charge in [0.25, 0.3) is 5.56 Å². The first kappa shape index (κ1) is 26.2. The molecule has 37 heavy (non-hydrogen) atoms. The quantitative estimate of drug-likeness (QED) is 0.289. The van der Waals surface area contributed by atoms with Crippen LogP contribution in [0, 0.1) is 11.6 Å². The van der Waals surface area contributed by atoms with Gasteiger partial charge in [0.05, 0.1) is 35.3 Å². The molecule has 1 aromatic heterocycles. The van der Waals surface area contributed by atoms with Gasteiger partial charge in [-0.15, -0.1) is 0 Å². The Kier molecular flexibility index (Phi) is 8.47. The van der Waals surface area contributed by atoms with E-state index in [-0.39, 0.29) is 36.7 Å². The van der Waals surface area contributed by atoms with Crippen molar-refractivity contribution in [3.63, 3.8) is 0 Å². The zero-order valence-electron chi connectivity index (χ0n) is 20.1. The Labute approximate surface area is 217 Å². The highest BCUT2D eigenvalue weighted by molar-refractivity contribution is 6.30. The Balaban J connectivity index is 1.61. The molecule has 0 spiro atoms. The molecule has 1 heterocycles. The number of amides is 1. The number of hydrazine groups is 1. The maximum atomic E-state index is 14.3. The van der Waals surface area contributed by atoms with E-state index >= 15 is 0 Å². The molecule has 0 unspecified atom stereocenters. The van der Waals surface area contributed by atoms with Gasteiger partial charge in [0.2, 0.25) is 5.91 Å². The zero-order valence-corrected chi connectivity index (χ0v) is 20.8. The molecule has 0 aliphatic carbocycles. The van der Waals surface area contributed by atoms with Gasteiger partial charge in [0, 0.05) is 31.2 Å². The lowest BCUT2D eigenvalue weighted by atomic mass is 10.2. The van der Waals surface area contributed by atoms with E-state index in [1.54, 1.807) is 42.5 Å². The third kappa shape index (κ3) is 6.31. The fourth-order valence-corrected chi connectivity index (χ4v) is 4.02. The van der Waals surface area contributed by atoms with E-state index in [0.717, 1.165) is 12.1 Å². The summed E-state index contributed by atoms with van der Waals surface area (Å²) in [6.45, 7) is 0.355. The number of aromatic nitrogens is 2. The van der Waals surface area contributed by atoms with Crippen molar-refractivity contribution in [1.29, 1.82) is 0 Å². The number of carbonyl (C=O) groups excluding carboxylic acids is 1. The number of hydrogen-bond donors (Lipinski definition) is 1. The summed E-state index contributed by atoms with van der Waals surface area (Å²) in [5.41, 5.74) is 3.67. The molecule has 0 saturated heterocycles. The highest BCUT2D eigenvalue weighted by Crippen LogP contribution is 2.19. The van der Waals surface area contributed by atoms with E-state index in [1.165, 1.54) is 22.8 Å². The molecule has 3 aromatic carbocycles. The molecule has 0 aliphatic heterocycles. The highest BCUT2D eigenvalue weighted by atomic mass is 35.5. The van der Waals surface area contributed by atoms with Crippen molar-refractivity contribution < 1.29 is 18.3 Å². The van der Waals surface area contributed by atoms with Crippen LogP contribution >= 0.6 is 11.6 Å². The lowest BCUT2D eigenvalue weighted by Crippen LogP contribution is -2.38. The minimum absolute atomic E-state index is 0.0333. The van der Waals surface area contributed by atoms with Crippen LogP contribution in [0.4, 0.5) is 14.5 Å². The van der Waals surface area contributed by atoms with Gasteiger partial charge < -0.3 is 4.74 Å². The van der Waals surface area contributed by atoms with E-state index in [1.807, 2.05) is 6.07 Å². The summed E-state index contributed by atoms with van der Waals surface area (Å²) < 4.78 is 34.1. The van der Waals surface area contributed by atoms with Crippen LogP contribution in [0.15, 0.2) is 71.5 Å². The Morgan fingerprint density at radius 3 is 2.59 bits per heavy atom. The number of carbonyl (C=O) groups is 1. The third-order valence-corrected chi connectivity index (χ3v) is 5.97. The molecule has 1 N–H and O–H groups in total. The molecular weight excluding hydrogens is 502 g/mol. The van der Waals surface area contributed by atoms with Gasteiger partial charge in [-0.25, -0.2) is 13.8 Å². The molecule has 4 aromatic rings. The van der Waals surface area contributed by atoms with Crippen molar-refractivity contribution >= 4 is 34.1 Å². The number of halogens is 3. The normalized spacial score (nSPS) is 11.0. The molecule has 7 nitrogen and oxygen atoms in total. The van der Waals surface area contributed by atoms with Gasteiger partial charge in [0.1, 0.15) is 11.6 Å². The second kappa shape index (κ2) is 11.9. The number of hydrogen-bond acceptors (Lipinski definition) is 5. The second-order valence-electron chi connectivity index (χ2n) is 8.29. The fourth-order valence-electron chi connectivity index (χ4n) is 3.89. The number of nitrogens with zero attached hydrogens (tertiary/aromatic N) is 3. The van der Waals surface area contributed by atoms with Gasteiger partial charge in [-0.05, 0) is 55.0 Å². The number of rotatable bonds is 10. The standard InChI is InChI=1S/C27H25ClF2N4O3/c1-37-16-14-26(35)33(32-24-13-10-19(29)17-22(24)30)15-4-7-25-31-23-6-3-2-5-21(23)27(36)34(25)20-11-8-18(28)9-12-20/h2-3,5-6,8-13,17,32H,4,7,14-16H2,1H3. The van der Waals surface area contributed by atoms with Gasteiger partial charge >= 0.3 is 0 Å². The summed E-state index contributed by atoms with van der Waals surface area (Å²) in [5.74, 6) is -1.37. The van der Waals surface area contributed by atoms with Gasteiger partial charge in [-0.3, -0.25) is 24.6 Å². The van der Waals surface area contributed by atoms with E-state index < -0.39 is 11.6 Å². The van der Waals surface area contributed by atoms with Crippen LogP contribution < -0.4 is 11.0 Å². The van der Waals surface area contributed by atoms with Crippen LogP contribution in [0.25, 0.3) is 16.6 Å². The lowest BCUT2D eigenvalue weighted by molar-refractivity contribution is -0.130. The predicted octanol–water partition coefficient (Wildman–Crippen LogP) is 5.14. The Morgan fingerprint density at radius 2 is 1.86 bits per heavy atom. The summed E-state index contributed by atoms with van der Waals surface area (Å²) in [4.78, 5) is 30.9. The van der Waals surface area contributed by atoms with Crippen molar-refractivity contribution in [3.8, 4) is 5.69 Å². The summed E-state index contributed by atoms with van der Waals surface area (Å²) in [5, 5.41) is 2.28. The molecule has 0 radical (unpaired) electrons. The zero-order chi connectivity index (χ0) is 26.4. The number of para-hydroxylation sites is 1. The van der Waals surface area contributed by atoms with Crippen molar-refractivity contribution in [2.45, 2.75) is 19.3 Å². The van der Waals surface area contributed by atoms with Crippen LogP contribution in [0.1, 0.15) is 18.7 Å². The number of fused-ring (bicyclic) bond motifs is 1. The lowest BCUT2D eigenvalue weighted by Gasteiger charge is -2.25. The third-order valence-electron chi connectivity index (χ3n) is 5.72. The molecular formula is C27H25ClF2N4O3. The van der Waals surface area contributed by atoms with Crippen molar-refractivity contribution in [2.24, 2.45) is 0 Å². The Hall–Kier alpha value is -3.82. The molecule has 0 atom stereocenters. The summed E-state index contributed by atoms with van der Waals surface area (Å²) in [6.07, 6.45) is 0.799. The number of methoxy groups -OCH3 is 1. The number of benzene rings is 3. The van der Waals surface area contributed by atoms with Crippen LogP contribution in [0.5, 0.6) is 0 Å². The van der Waals surface area contributed by atoms with Gasteiger partial charge in [0.15, 0.2) is 5.82 Å². The maximum absolute atomic E-state index is 14.3. The first-order valence-corrected chi connectivity index (χ1v) is 12.0. The van der Waals surface area contributed by atoms with E-state index in [2.05, 4.69) is 5.43 Å². The van der Waals surface area contributed by atoms with E-state index in [9.17, 15) is 18.4 Å². The van der Waals surface area contributed by atoms with E-state index in [0.29, 0.717) is 40.3 Å². The maximum Gasteiger partial charge on any atom is 0.265 e. The van der Waals surface area contributed by atoms with Crippen LogP contribution in [0.3, 0.4) is 0 Å². The second-order valence-corrected chi connectivity index (χ2v) is 8.73. The highest BCUT2D eigenvalue weighted by Gasteiger charge is 2.18. The summed E-state index contributed by atoms with van der Waals surface area (Å²) >= 11 is 6.04. The minimum Gasteiger partial charge on any atom is -0.384 e. The van der Waals surface area contributed by atoms with Crippen LogP contribution in [0.2, 0.25) is 5.02 Å². The summed E-state index contributed by atoms with van der Waals surface area (Å²) in [6, 6.07) is 17.0. The van der Waals surface area contributed by atoms with Crippen molar-refractivity contribution in [3.05, 3.63) is 99.6 Å². The minimum atomic E-state index is -0.822. The molecule has 10 heteroatoms. The number of nitrogens with one attached hydrogen (secondary N) is 1. The van der Waals surface area contributed by atoms with Crippen molar-refractivity contribution in [1.82, 2.24) is 14.6 Å². The molecule has 192 valence electrons. The molecule has 0 saturated carbocycles. The van der Waals surface area contributed by atoms with Gasteiger partial charge in [-0.2, -0.15) is 0 Å². The molecule has 1 amide bonds. The first-order chi connectivity index (χ1) is 17.9. The Bertz CT molecular complexity index is 1460. The molecule has 0 aliphatic rings. The molecule has 4 rings (SSSR count). The largest absolute Gasteiger partial charge is 0.384 e. The average molecular weight is 527 g/mol. The van der Waals surface area contributed by atoms with Crippen LogP contribution in [-0.2, 0) is 16.0 Å². The fraction of sp³-hybridized carbons (Fsp3) is 0.222. The number of aryl methyl sites for hydroxylation is 1. The topological polar surface area (TPSA) is 76.5 Å². The predicted molar refractivity (Wildman–Crippen MR) is 139 cm³/mol. The Morgan fingerprint density at radius 1 is 1.11 bits per heavy atom. The van der Waals surface area contributed by atoms with Crippen LogP contribution in [-0.4, -0.2) is 40.7 Å². The van der Waals surface area contributed by atoms with Crippen molar-refractivity contribution in [2.75, 3.05) is 25.7 Å². The number of anilines is 1. The average Bonchev–Trinajstić information content (AvgIpc) is 2.89. The monoisotopic (exact) mass is 526 g/mol. The van der Waals surface area contributed by atoms with Gasteiger partial charge in [-0.1, -0.05) is 23.7 Å². The molecule has 0 bridgehead atoms. The SMILES string of the molecule is COCCC(=O)N(CCCc1nc2ccccc2c(=O)n1-c1ccc(Cl)cc1)Nc1ccc(F)cc1F. The van der Waals surface area contributed by atoms with E-state index in [4.69, 9.17) is 21.3 Å². The first-order valence-electron chi connectivity index (χ1n) is 11.6. The number of ether oxygens (including phenoxy) is 1. The smallest absolute Gasteiger partial charge is 0.265 e.